The van der Waals surface area contributed by atoms with Crippen molar-refractivity contribution in [2.24, 2.45) is 4.99 Å². The predicted octanol–water partition coefficient (Wildman–Crippen LogP) is 0.385. The van der Waals surface area contributed by atoms with E-state index in [1.807, 2.05) is 18.2 Å². The van der Waals surface area contributed by atoms with Crippen LogP contribution in [0.3, 0.4) is 0 Å². The van der Waals surface area contributed by atoms with Crippen molar-refractivity contribution in [1.29, 1.82) is 0 Å². The molecular weight excluding hydrogens is 222 g/mol. The summed E-state index contributed by atoms with van der Waals surface area (Å²) >= 11 is 0. The van der Waals surface area contributed by atoms with Gasteiger partial charge in [-0.2, -0.15) is 0 Å². The zero-order valence-corrected chi connectivity index (χ0v) is 9.01. The lowest BCUT2D eigenvalue weighted by Crippen LogP contribution is -2.25. The van der Waals surface area contributed by atoms with Crippen molar-refractivity contribution < 1.29 is 8.42 Å². The van der Waals surface area contributed by atoms with Crippen LogP contribution in [0.2, 0.25) is 0 Å². The number of benzene rings is 1. The molecule has 0 saturated heterocycles. The van der Waals surface area contributed by atoms with E-state index in [-0.39, 0.29) is 0 Å². The van der Waals surface area contributed by atoms with Crippen molar-refractivity contribution in [3.8, 4) is 0 Å². The van der Waals surface area contributed by atoms with Gasteiger partial charge >= 0.3 is 0 Å². The number of nitrogens with zero attached hydrogens (tertiary/aromatic N) is 1. The Balaban J connectivity index is 2.77. The van der Waals surface area contributed by atoms with Crippen LogP contribution in [0.5, 0.6) is 0 Å². The van der Waals surface area contributed by atoms with Crippen LogP contribution in [0.4, 0.5) is 0 Å². The van der Waals surface area contributed by atoms with Crippen LogP contribution in [0.25, 0.3) is 6.08 Å². The van der Waals surface area contributed by atoms with Gasteiger partial charge in [0.2, 0.25) is 0 Å². The average Bonchev–Trinajstić information content (AvgIpc) is 2.40. The third kappa shape index (κ3) is 1.35. The lowest BCUT2D eigenvalue weighted by atomic mass is 10.2. The normalized spacial score (nSPS) is 25.0. The molecule has 1 aliphatic rings. The summed E-state index contributed by atoms with van der Waals surface area (Å²) in [5, 5.41) is 1.47. The zero-order valence-electron chi connectivity index (χ0n) is 7.44. The quantitative estimate of drug-likeness (QED) is 0.654. The van der Waals surface area contributed by atoms with Gasteiger partial charge in [-0.1, -0.05) is 18.2 Å². The van der Waals surface area contributed by atoms with Gasteiger partial charge in [-0.15, -0.1) is 0 Å². The SMILES string of the molecule is CC1(S(=O)(=O)Cl)C=c2ccccc2=N1. The first-order valence-corrected chi connectivity index (χ1v) is 6.35. The first-order valence-electron chi connectivity index (χ1n) is 4.04. The maximum atomic E-state index is 11.3. The molecule has 0 fully saturated rings. The number of hydrogen-bond donors (Lipinski definition) is 0. The highest BCUT2D eigenvalue weighted by Gasteiger charge is 2.36. The number of fused-ring (bicyclic) bond motifs is 1. The summed E-state index contributed by atoms with van der Waals surface area (Å²) in [7, 11) is 1.60. The topological polar surface area (TPSA) is 46.5 Å². The van der Waals surface area contributed by atoms with Gasteiger partial charge in [-0.05, 0) is 24.3 Å². The summed E-state index contributed by atoms with van der Waals surface area (Å²) in [6.07, 6.45) is 1.56. The molecular formula is C9H8ClNO2S. The minimum Gasteiger partial charge on any atom is -0.257 e. The summed E-state index contributed by atoms with van der Waals surface area (Å²) < 4.78 is 22.5. The minimum absolute atomic E-state index is 0.666. The fourth-order valence-electron chi connectivity index (χ4n) is 1.40. The van der Waals surface area contributed by atoms with E-state index in [4.69, 9.17) is 10.7 Å². The Labute approximate surface area is 86.2 Å². The minimum atomic E-state index is -3.72. The molecule has 0 aliphatic carbocycles. The van der Waals surface area contributed by atoms with E-state index in [2.05, 4.69) is 4.99 Å². The fourth-order valence-corrected chi connectivity index (χ4v) is 2.11. The molecule has 0 N–H and O–H groups in total. The lowest BCUT2D eigenvalue weighted by Gasteiger charge is -2.12. The average molecular weight is 230 g/mol. The van der Waals surface area contributed by atoms with Gasteiger partial charge in [0.15, 0.2) is 4.87 Å². The van der Waals surface area contributed by atoms with Crippen molar-refractivity contribution in [3.63, 3.8) is 0 Å². The van der Waals surface area contributed by atoms with Crippen LogP contribution in [-0.4, -0.2) is 13.3 Å². The summed E-state index contributed by atoms with van der Waals surface area (Å²) in [4.78, 5) is 2.76. The summed E-state index contributed by atoms with van der Waals surface area (Å²) in [6.45, 7) is 1.48. The molecule has 0 bridgehead atoms. The molecule has 1 atom stereocenters. The second kappa shape index (κ2) is 2.81. The number of hydrogen-bond acceptors (Lipinski definition) is 3. The molecule has 0 saturated carbocycles. The van der Waals surface area contributed by atoms with Crippen LogP contribution >= 0.6 is 10.7 Å². The molecule has 1 heterocycles. The van der Waals surface area contributed by atoms with Crippen molar-refractivity contribution in [2.45, 2.75) is 11.8 Å². The first kappa shape index (κ1) is 9.68. The van der Waals surface area contributed by atoms with E-state index in [0.29, 0.717) is 5.36 Å². The van der Waals surface area contributed by atoms with Crippen LogP contribution in [0.1, 0.15) is 6.92 Å². The van der Waals surface area contributed by atoms with Crippen molar-refractivity contribution in [2.75, 3.05) is 0 Å². The summed E-state index contributed by atoms with van der Waals surface area (Å²) in [5.41, 5.74) is 0. The Morgan fingerprint density at radius 2 is 2.00 bits per heavy atom. The Hall–Kier alpha value is -0.870. The van der Waals surface area contributed by atoms with Gasteiger partial charge in [0, 0.05) is 10.7 Å². The third-order valence-electron chi connectivity index (χ3n) is 2.20. The highest BCUT2D eigenvalue weighted by molar-refractivity contribution is 8.15. The molecule has 1 aliphatic heterocycles. The van der Waals surface area contributed by atoms with Crippen LogP contribution in [0.15, 0.2) is 29.3 Å². The van der Waals surface area contributed by atoms with Crippen LogP contribution < -0.4 is 10.6 Å². The molecule has 3 nitrogen and oxygen atoms in total. The van der Waals surface area contributed by atoms with E-state index in [0.717, 1.165) is 5.22 Å². The highest BCUT2D eigenvalue weighted by Crippen LogP contribution is 2.25. The summed E-state index contributed by atoms with van der Waals surface area (Å²) in [6, 6.07) is 7.21. The molecule has 0 spiro atoms. The van der Waals surface area contributed by atoms with E-state index < -0.39 is 13.9 Å². The van der Waals surface area contributed by atoms with Gasteiger partial charge in [0.1, 0.15) is 0 Å². The number of halogens is 1. The lowest BCUT2D eigenvalue weighted by molar-refractivity contribution is 0.587. The maximum absolute atomic E-state index is 11.3. The Kier molecular flexibility index (Phi) is 1.94. The van der Waals surface area contributed by atoms with Crippen molar-refractivity contribution in [1.82, 2.24) is 0 Å². The molecule has 1 aromatic rings. The van der Waals surface area contributed by atoms with Crippen molar-refractivity contribution >= 4 is 25.8 Å². The molecule has 14 heavy (non-hydrogen) atoms. The number of rotatable bonds is 1. The van der Waals surface area contributed by atoms with Crippen LogP contribution in [0, 0.1) is 0 Å². The second-order valence-corrected chi connectivity index (χ2v) is 6.23. The predicted molar refractivity (Wildman–Crippen MR) is 54.9 cm³/mol. The smallest absolute Gasteiger partial charge is 0.257 e. The molecule has 0 aromatic heterocycles. The van der Waals surface area contributed by atoms with Gasteiger partial charge in [-0.25, -0.2) is 8.42 Å². The second-order valence-electron chi connectivity index (χ2n) is 3.31. The Bertz CT molecular complexity index is 556. The third-order valence-corrected chi connectivity index (χ3v) is 4.33. The van der Waals surface area contributed by atoms with E-state index in [9.17, 15) is 8.42 Å². The highest BCUT2D eigenvalue weighted by atomic mass is 35.7. The van der Waals surface area contributed by atoms with Gasteiger partial charge in [0.25, 0.3) is 9.05 Å². The number of para-hydroxylation sites is 1. The van der Waals surface area contributed by atoms with E-state index in [1.54, 1.807) is 12.1 Å². The molecule has 0 radical (unpaired) electrons. The Morgan fingerprint density at radius 1 is 1.36 bits per heavy atom. The summed E-state index contributed by atoms with van der Waals surface area (Å²) in [5.74, 6) is 0. The van der Waals surface area contributed by atoms with Crippen molar-refractivity contribution in [3.05, 3.63) is 34.8 Å². The molecule has 74 valence electrons. The monoisotopic (exact) mass is 229 g/mol. The maximum Gasteiger partial charge on any atom is 0.261 e. The standard InChI is InChI=1S/C9H8ClNO2S/c1-9(14(10,12)13)6-7-4-2-3-5-8(7)11-9/h2-6H,1H3. The molecule has 2 rings (SSSR count). The Morgan fingerprint density at radius 3 is 2.57 bits per heavy atom. The van der Waals surface area contributed by atoms with Gasteiger partial charge in [-0.3, -0.25) is 4.99 Å². The van der Waals surface area contributed by atoms with Gasteiger partial charge in [0.05, 0.1) is 5.36 Å². The van der Waals surface area contributed by atoms with Gasteiger partial charge < -0.3 is 0 Å². The first-order chi connectivity index (χ1) is 6.42. The largest absolute Gasteiger partial charge is 0.261 e. The van der Waals surface area contributed by atoms with Crippen LogP contribution in [-0.2, 0) is 9.05 Å². The fraction of sp³-hybridized carbons (Fsp3) is 0.222. The van der Waals surface area contributed by atoms with E-state index >= 15 is 0 Å². The zero-order chi connectivity index (χ0) is 10.4. The van der Waals surface area contributed by atoms with E-state index in [1.165, 1.54) is 6.92 Å². The molecule has 5 heteroatoms. The molecule has 1 unspecified atom stereocenters. The molecule has 0 amide bonds. The molecule has 1 aromatic carbocycles.